The quantitative estimate of drug-likeness (QED) is 0.212. The number of hydrogen-bond donors (Lipinski definition) is 2. The van der Waals surface area contributed by atoms with E-state index in [1.165, 1.54) is 46.2 Å². The topological polar surface area (TPSA) is 128 Å². The Morgan fingerprint density at radius 1 is 0.744 bits per heavy atom. The maximum Gasteiger partial charge on any atom is 0.234 e. The van der Waals surface area contributed by atoms with Crippen LogP contribution in [0.1, 0.15) is 21.1 Å². The summed E-state index contributed by atoms with van der Waals surface area (Å²) in [4.78, 5) is 24.9. The van der Waals surface area contributed by atoms with Crippen molar-refractivity contribution in [1.29, 1.82) is 0 Å². The molecule has 14 heteroatoms. The molecule has 0 radical (unpaired) electrons. The Labute approximate surface area is 242 Å². The highest BCUT2D eigenvalue weighted by Crippen LogP contribution is 2.31. The first-order valence-corrected chi connectivity index (χ1v) is 15.2. The van der Waals surface area contributed by atoms with Crippen LogP contribution in [0.2, 0.25) is 0 Å². The molecule has 2 aromatic heterocycles. The summed E-state index contributed by atoms with van der Waals surface area (Å²) in [5, 5.41) is 23.5. The van der Waals surface area contributed by atoms with Gasteiger partial charge in [0.15, 0.2) is 8.68 Å². The summed E-state index contributed by atoms with van der Waals surface area (Å²) in [6.07, 6.45) is 0.605. The van der Waals surface area contributed by atoms with Crippen molar-refractivity contribution in [3.63, 3.8) is 0 Å². The highest BCUT2D eigenvalue weighted by atomic mass is 32.2. The van der Waals surface area contributed by atoms with Crippen LogP contribution in [0.3, 0.4) is 0 Å². The summed E-state index contributed by atoms with van der Waals surface area (Å²) < 4.78 is 12.6. The molecule has 0 spiro atoms. The van der Waals surface area contributed by atoms with Crippen molar-refractivity contribution in [2.45, 2.75) is 28.9 Å². The van der Waals surface area contributed by atoms with Crippen LogP contribution in [0.15, 0.2) is 45.1 Å². The lowest BCUT2D eigenvalue weighted by molar-refractivity contribution is -0.114. The summed E-state index contributed by atoms with van der Waals surface area (Å²) in [5.41, 5.74) is 3.17. The zero-order chi connectivity index (χ0) is 27.8. The second-order valence-corrected chi connectivity index (χ2v) is 12.9. The number of methoxy groups -OCH3 is 2. The van der Waals surface area contributed by atoms with Crippen molar-refractivity contribution in [3.8, 4) is 11.5 Å². The molecule has 2 heterocycles. The standard InChI is InChI=1S/C25H26N6O4S4/c1-14-28-30-24(38-14)36-12-22(32)26-18-7-5-16(10-20(18)34-3)9-17-6-8-19(21(11-17)35-4)27-23(33)13-37-25-31-29-15(2)39-25/h5-8,10-11H,9,12-13H2,1-4H3,(H,26,32)(H,27,33). The molecule has 0 fully saturated rings. The fourth-order valence-corrected chi connectivity index (χ4v) is 6.67. The van der Waals surface area contributed by atoms with Crippen LogP contribution in [0.5, 0.6) is 11.5 Å². The van der Waals surface area contributed by atoms with E-state index in [-0.39, 0.29) is 23.3 Å². The molecule has 4 rings (SSSR count). The molecule has 2 N–H and O–H groups in total. The summed E-state index contributed by atoms with van der Waals surface area (Å²) in [6.45, 7) is 3.75. The number of carbonyl (C=O) groups excluding carboxylic acids is 2. The highest BCUT2D eigenvalue weighted by Gasteiger charge is 2.13. The monoisotopic (exact) mass is 602 g/mol. The number of benzene rings is 2. The van der Waals surface area contributed by atoms with Gasteiger partial charge in [-0.1, -0.05) is 58.3 Å². The number of ether oxygens (including phenoxy) is 2. The fourth-order valence-electron chi connectivity index (χ4n) is 3.43. The van der Waals surface area contributed by atoms with E-state index in [1.54, 1.807) is 14.2 Å². The van der Waals surface area contributed by atoms with E-state index in [0.29, 0.717) is 29.3 Å². The third kappa shape index (κ3) is 8.39. The van der Waals surface area contributed by atoms with Crippen molar-refractivity contribution in [2.24, 2.45) is 0 Å². The van der Waals surface area contributed by atoms with Crippen LogP contribution in [-0.4, -0.2) is 57.9 Å². The van der Waals surface area contributed by atoms with Crippen LogP contribution >= 0.6 is 46.2 Å². The molecule has 2 amide bonds. The normalized spacial score (nSPS) is 10.8. The van der Waals surface area contributed by atoms with Gasteiger partial charge in [0.2, 0.25) is 11.8 Å². The SMILES string of the molecule is COc1cc(Cc2ccc(NC(=O)CSc3nnc(C)s3)c(OC)c2)ccc1NC(=O)CSc1nnc(C)s1. The van der Waals surface area contributed by atoms with Gasteiger partial charge in [0.05, 0.1) is 37.1 Å². The van der Waals surface area contributed by atoms with Gasteiger partial charge < -0.3 is 20.1 Å². The highest BCUT2D eigenvalue weighted by molar-refractivity contribution is 8.01. The van der Waals surface area contributed by atoms with Crippen molar-refractivity contribution >= 4 is 69.4 Å². The van der Waals surface area contributed by atoms with Crippen molar-refractivity contribution in [2.75, 3.05) is 36.4 Å². The van der Waals surface area contributed by atoms with E-state index < -0.39 is 0 Å². The largest absolute Gasteiger partial charge is 0.495 e. The average Bonchev–Trinajstić information content (AvgIpc) is 3.55. The molecule has 0 aliphatic carbocycles. The minimum atomic E-state index is -0.155. The third-order valence-electron chi connectivity index (χ3n) is 5.16. The average molecular weight is 603 g/mol. The Morgan fingerprint density at radius 3 is 1.54 bits per heavy atom. The van der Waals surface area contributed by atoms with Gasteiger partial charge in [-0.3, -0.25) is 9.59 Å². The summed E-state index contributed by atoms with van der Waals surface area (Å²) in [7, 11) is 3.14. The molecule has 0 saturated heterocycles. The molecule has 10 nitrogen and oxygen atoms in total. The number of nitrogens with one attached hydrogen (secondary N) is 2. The van der Waals surface area contributed by atoms with Gasteiger partial charge in [-0.05, 0) is 55.7 Å². The van der Waals surface area contributed by atoms with Crippen LogP contribution in [0.25, 0.3) is 0 Å². The van der Waals surface area contributed by atoms with Crippen LogP contribution in [0.4, 0.5) is 11.4 Å². The fraction of sp³-hybridized carbons (Fsp3) is 0.280. The minimum absolute atomic E-state index is 0.155. The molecular weight excluding hydrogens is 577 g/mol. The Bertz CT molecular complexity index is 1350. The Morgan fingerprint density at radius 2 is 1.18 bits per heavy atom. The third-order valence-corrected chi connectivity index (χ3v) is 9.10. The van der Waals surface area contributed by atoms with E-state index >= 15 is 0 Å². The van der Waals surface area contributed by atoms with Gasteiger partial charge in [0, 0.05) is 0 Å². The second-order valence-electron chi connectivity index (χ2n) is 8.09. The Hall–Kier alpha value is -3.20. The molecular formula is C25H26N6O4S4. The number of anilines is 2. The summed E-state index contributed by atoms with van der Waals surface area (Å²) in [6, 6.07) is 11.3. The van der Waals surface area contributed by atoms with E-state index in [1.807, 2.05) is 50.2 Å². The first-order valence-electron chi connectivity index (χ1n) is 11.6. The molecule has 0 atom stereocenters. The van der Waals surface area contributed by atoms with E-state index in [0.717, 1.165) is 29.8 Å². The van der Waals surface area contributed by atoms with Gasteiger partial charge in [0.1, 0.15) is 21.5 Å². The summed E-state index contributed by atoms with van der Waals surface area (Å²) >= 11 is 5.60. The molecule has 0 saturated carbocycles. The maximum absolute atomic E-state index is 12.4. The lowest BCUT2D eigenvalue weighted by Gasteiger charge is -2.14. The Balaban J connectivity index is 1.35. The molecule has 0 aliphatic rings. The molecule has 0 bridgehead atoms. The predicted molar refractivity (Wildman–Crippen MR) is 157 cm³/mol. The summed E-state index contributed by atoms with van der Waals surface area (Å²) in [5.74, 6) is 1.27. The minimum Gasteiger partial charge on any atom is -0.495 e. The maximum atomic E-state index is 12.4. The smallest absolute Gasteiger partial charge is 0.234 e. The zero-order valence-corrected chi connectivity index (χ0v) is 24.9. The molecule has 2 aromatic carbocycles. The molecule has 39 heavy (non-hydrogen) atoms. The van der Waals surface area contributed by atoms with E-state index in [4.69, 9.17) is 9.47 Å². The number of rotatable bonds is 12. The predicted octanol–water partition coefficient (Wildman–Crippen LogP) is 5.08. The number of thioether (sulfide) groups is 2. The first-order chi connectivity index (χ1) is 18.8. The van der Waals surface area contributed by atoms with Gasteiger partial charge in [-0.2, -0.15) is 0 Å². The van der Waals surface area contributed by atoms with E-state index in [9.17, 15) is 9.59 Å². The van der Waals surface area contributed by atoms with Crippen LogP contribution in [-0.2, 0) is 16.0 Å². The number of carbonyl (C=O) groups is 2. The zero-order valence-electron chi connectivity index (χ0n) is 21.6. The molecule has 4 aromatic rings. The molecule has 204 valence electrons. The Kier molecular flexibility index (Phi) is 10.1. The lowest BCUT2D eigenvalue weighted by Crippen LogP contribution is -2.15. The lowest BCUT2D eigenvalue weighted by atomic mass is 10.0. The van der Waals surface area contributed by atoms with Crippen LogP contribution < -0.4 is 20.1 Å². The van der Waals surface area contributed by atoms with Gasteiger partial charge in [-0.25, -0.2) is 0 Å². The number of nitrogens with zero attached hydrogens (tertiary/aromatic N) is 4. The molecule has 0 aliphatic heterocycles. The van der Waals surface area contributed by atoms with Crippen molar-refractivity contribution in [1.82, 2.24) is 20.4 Å². The van der Waals surface area contributed by atoms with Gasteiger partial charge in [0.25, 0.3) is 0 Å². The second kappa shape index (κ2) is 13.7. The first kappa shape index (κ1) is 28.8. The number of aromatic nitrogens is 4. The van der Waals surface area contributed by atoms with Gasteiger partial charge >= 0.3 is 0 Å². The number of aryl methyl sites for hydroxylation is 2. The van der Waals surface area contributed by atoms with Gasteiger partial charge in [-0.15, -0.1) is 20.4 Å². The van der Waals surface area contributed by atoms with Crippen molar-refractivity contribution < 1.29 is 19.1 Å². The number of amides is 2. The van der Waals surface area contributed by atoms with Crippen molar-refractivity contribution in [3.05, 3.63) is 57.5 Å². The molecule has 0 unspecified atom stereocenters. The van der Waals surface area contributed by atoms with Crippen LogP contribution in [0, 0.1) is 13.8 Å². The number of hydrogen-bond acceptors (Lipinski definition) is 12. The van der Waals surface area contributed by atoms with E-state index in [2.05, 4.69) is 31.0 Å².